The van der Waals surface area contributed by atoms with Crippen molar-refractivity contribution in [3.8, 4) is 5.75 Å². The first-order valence-electron chi connectivity index (χ1n) is 10.8. The number of hydrogen-bond donors (Lipinski definition) is 1. The fourth-order valence-electron chi connectivity index (χ4n) is 3.05. The maximum Gasteiger partial charge on any atom is 0.261 e. The van der Waals surface area contributed by atoms with Gasteiger partial charge < -0.3 is 15.0 Å². The number of nitrogens with zero attached hydrogens (tertiary/aromatic N) is 1. The number of carbonyl (C=O) groups excluding carboxylic acids is 2. The van der Waals surface area contributed by atoms with E-state index in [1.165, 1.54) is 10.5 Å². The summed E-state index contributed by atoms with van der Waals surface area (Å²) in [5.74, 6) is 0.818. The molecular formula is C25H32Cl2N2O3. The smallest absolute Gasteiger partial charge is 0.261 e. The molecule has 0 bridgehead atoms. The lowest BCUT2D eigenvalue weighted by atomic mass is 10.0. The first-order valence-corrected chi connectivity index (χ1v) is 11.6. The molecule has 1 N–H and O–H groups in total. The van der Waals surface area contributed by atoms with E-state index in [9.17, 15) is 9.59 Å². The monoisotopic (exact) mass is 478 g/mol. The van der Waals surface area contributed by atoms with Crippen molar-refractivity contribution in [3.05, 3.63) is 63.6 Å². The van der Waals surface area contributed by atoms with Crippen molar-refractivity contribution < 1.29 is 14.3 Å². The van der Waals surface area contributed by atoms with Crippen LogP contribution in [0.25, 0.3) is 0 Å². The van der Waals surface area contributed by atoms with Crippen molar-refractivity contribution in [2.75, 3.05) is 13.2 Å². The maximum absolute atomic E-state index is 13.1. The molecule has 0 aromatic heterocycles. The van der Waals surface area contributed by atoms with Crippen molar-refractivity contribution in [3.63, 3.8) is 0 Å². The summed E-state index contributed by atoms with van der Waals surface area (Å²) in [6.45, 7) is 10.5. The third-order valence-electron chi connectivity index (χ3n) is 5.10. The quantitative estimate of drug-likeness (QED) is 0.477. The van der Waals surface area contributed by atoms with Crippen LogP contribution >= 0.6 is 23.2 Å². The molecule has 0 saturated carbocycles. The average Bonchev–Trinajstić information content (AvgIpc) is 2.76. The Kier molecular flexibility index (Phi) is 9.85. The van der Waals surface area contributed by atoms with Crippen LogP contribution in [-0.4, -0.2) is 35.9 Å². The molecular weight excluding hydrogens is 447 g/mol. The highest BCUT2D eigenvalue weighted by atomic mass is 35.5. The van der Waals surface area contributed by atoms with Crippen LogP contribution in [0.3, 0.4) is 0 Å². The molecule has 0 aliphatic carbocycles. The summed E-state index contributed by atoms with van der Waals surface area (Å²) in [4.78, 5) is 27.3. The number of carbonyl (C=O) groups is 2. The fourth-order valence-corrected chi connectivity index (χ4v) is 3.37. The SMILES string of the molecule is CC(C)CNC(=O)C(C)N(Cc1ccc(Cl)c(Cl)c1)C(=O)COc1ccc(C(C)C)cc1. The molecule has 2 amide bonds. The Hall–Kier alpha value is -2.24. The first-order chi connectivity index (χ1) is 15.1. The maximum atomic E-state index is 13.1. The van der Waals surface area contributed by atoms with Gasteiger partial charge in [-0.1, -0.05) is 69.1 Å². The summed E-state index contributed by atoms with van der Waals surface area (Å²) < 4.78 is 5.72. The summed E-state index contributed by atoms with van der Waals surface area (Å²) in [5.41, 5.74) is 1.97. The minimum Gasteiger partial charge on any atom is -0.484 e. The van der Waals surface area contributed by atoms with E-state index in [-0.39, 0.29) is 25.0 Å². The van der Waals surface area contributed by atoms with Gasteiger partial charge in [0.1, 0.15) is 11.8 Å². The number of halogens is 2. The van der Waals surface area contributed by atoms with Crippen molar-refractivity contribution in [1.29, 1.82) is 0 Å². The molecule has 0 spiro atoms. The lowest BCUT2D eigenvalue weighted by Crippen LogP contribution is -2.49. The molecule has 1 unspecified atom stereocenters. The largest absolute Gasteiger partial charge is 0.484 e. The lowest BCUT2D eigenvalue weighted by molar-refractivity contribution is -0.142. The third kappa shape index (κ3) is 7.72. The zero-order valence-corrected chi connectivity index (χ0v) is 20.8. The normalized spacial score (nSPS) is 12.0. The van der Waals surface area contributed by atoms with Gasteiger partial charge in [-0.25, -0.2) is 0 Å². The molecule has 0 fully saturated rings. The minimum atomic E-state index is -0.678. The van der Waals surface area contributed by atoms with Gasteiger partial charge in [0.2, 0.25) is 5.91 Å². The molecule has 0 saturated heterocycles. The molecule has 2 aromatic rings. The van der Waals surface area contributed by atoms with E-state index in [1.807, 2.05) is 38.1 Å². The highest BCUT2D eigenvalue weighted by Crippen LogP contribution is 2.24. The Morgan fingerprint density at radius 3 is 2.19 bits per heavy atom. The van der Waals surface area contributed by atoms with Gasteiger partial charge in [-0.15, -0.1) is 0 Å². The highest BCUT2D eigenvalue weighted by molar-refractivity contribution is 6.42. The number of hydrogen-bond acceptors (Lipinski definition) is 3. The van der Waals surface area contributed by atoms with Gasteiger partial charge in [-0.2, -0.15) is 0 Å². The topological polar surface area (TPSA) is 58.6 Å². The second kappa shape index (κ2) is 12.1. The number of rotatable bonds is 10. The Bertz CT molecular complexity index is 914. The Morgan fingerprint density at radius 1 is 0.969 bits per heavy atom. The van der Waals surface area contributed by atoms with Crippen LogP contribution < -0.4 is 10.1 Å². The van der Waals surface area contributed by atoms with Crippen LogP contribution in [0, 0.1) is 5.92 Å². The minimum absolute atomic E-state index is 0.176. The van der Waals surface area contributed by atoms with E-state index in [4.69, 9.17) is 27.9 Å². The lowest BCUT2D eigenvalue weighted by Gasteiger charge is -2.29. The van der Waals surface area contributed by atoms with Crippen molar-refractivity contribution >= 4 is 35.0 Å². The number of amides is 2. The summed E-state index contributed by atoms with van der Waals surface area (Å²) >= 11 is 12.2. The van der Waals surface area contributed by atoms with Crippen molar-refractivity contribution in [2.45, 2.75) is 53.1 Å². The van der Waals surface area contributed by atoms with Gasteiger partial charge in [0.15, 0.2) is 6.61 Å². The van der Waals surface area contributed by atoms with Crippen LogP contribution in [-0.2, 0) is 16.1 Å². The summed E-state index contributed by atoms with van der Waals surface area (Å²) in [7, 11) is 0. The summed E-state index contributed by atoms with van der Waals surface area (Å²) in [6, 6.07) is 12.2. The van der Waals surface area contributed by atoms with E-state index >= 15 is 0 Å². The first kappa shape index (κ1) is 26.0. The van der Waals surface area contributed by atoms with Crippen LogP contribution in [0.2, 0.25) is 10.0 Å². The molecule has 5 nitrogen and oxygen atoms in total. The van der Waals surface area contributed by atoms with Crippen molar-refractivity contribution in [1.82, 2.24) is 10.2 Å². The number of nitrogens with one attached hydrogen (secondary N) is 1. The highest BCUT2D eigenvalue weighted by Gasteiger charge is 2.26. The second-order valence-corrected chi connectivity index (χ2v) is 9.41. The van der Waals surface area contributed by atoms with E-state index in [1.54, 1.807) is 25.1 Å². The molecule has 174 valence electrons. The van der Waals surface area contributed by atoms with E-state index in [0.29, 0.717) is 34.2 Å². The van der Waals surface area contributed by atoms with Gasteiger partial charge in [0.25, 0.3) is 5.91 Å². The molecule has 0 aliphatic rings. The molecule has 2 aromatic carbocycles. The molecule has 0 aliphatic heterocycles. The zero-order chi connectivity index (χ0) is 23.8. The summed E-state index contributed by atoms with van der Waals surface area (Å²) in [5, 5.41) is 3.73. The average molecular weight is 479 g/mol. The molecule has 32 heavy (non-hydrogen) atoms. The summed E-state index contributed by atoms with van der Waals surface area (Å²) in [6.07, 6.45) is 0. The van der Waals surface area contributed by atoms with Crippen LogP contribution in [0.4, 0.5) is 0 Å². The molecule has 1 atom stereocenters. The van der Waals surface area contributed by atoms with Crippen LogP contribution in [0.5, 0.6) is 5.75 Å². The van der Waals surface area contributed by atoms with Crippen molar-refractivity contribution in [2.24, 2.45) is 5.92 Å². The Balaban J connectivity index is 2.14. The zero-order valence-electron chi connectivity index (χ0n) is 19.3. The molecule has 7 heteroatoms. The van der Waals surface area contributed by atoms with Gasteiger partial charge in [-0.3, -0.25) is 9.59 Å². The van der Waals surface area contributed by atoms with Crippen LogP contribution in [0.15, 0.2) is 42.5 Å². The third-order valence-corrected chi connectivity index (χ3v) is 5.84. The van der Waals surface area contributed by atoms with E-state index in [2.05, 4.69) is 19.2 Å². The van der Waals surface area contributed by atoms with Gasteiger partial charge in [0.05, 0.1) is 10.0 Å². The van der Waals surface area contributed by atoms with Gasteiger partial charge in [-0.05, 0) is 54.2 Å². The predicted molar refractivity (Wildman–Crippen MR) is 130 cm³/mol. The molecule has 0 heterocycles. The van der Waals surface area contributed by atoms with Gasteiger partial charge >= 0.3 is 0 Å². The Labute approximate surface area is 201 Å². The standard InChI is InChI=1S/C25H32Cl2N2O3/c1-16(2)13-28-25(31)18(5)29(14-19-6-11-22(26)23(27)12-19)24(30)15-32-21-9-7-20(8-10-21)17(3)4/h6-12,16-18H,13-15H2,1-5H3,(H,28,31). The Morgan fingerprint density at radius 2 is 1.62 bits per heavy atom. The van der Waals surface area contributed by atoms with E-state index in [0.717, 1.165) is 5.56 Å². The van der Waals surface area contributed by atoms with Gasteiger partial charge in [0, 0.05) is 13.1 Å². The molecule has 2 rings (SSSR count). The number of ether oxygens (including phenoxy) is 1. The van der Waals surface area contributed by atoms with E-state index < -0.39 is 6.04 Å². The molecule has 0 radical (unpaired) electrons. The predicted octanol–water partition coefficient (Wildman–Crippen LogP) is 5.69. The second-order valence-electron chi connectivity index (χ2n) is 8.60. The van der Waals surface area contributed by atoms with Crippen LogP contribution in [0.1, 0.15) is 51.7 Å². The fraction of sp³-hybridized carbons (Fsp3) is 0.440. The number of benzene rings is 2.